The summed E-state index contributed by atoms with van der Waals surface area (Å²) in [6.07, 6.45) is 2.45. The fourth-order valence-electron chi connectivity index (χ4n) is 3.38. The van der Waals surface area contributed by atoms with Crippen LogP contribution in [0.2, 0.25) is 0 Å². The normalized spacial score (nSPS) is 20.4. The number of likely N-dealkylation sites (tertiary alicyclic amines) is 1. The summed E-state index contributed by atoms with van der Waals surface area (Å²) >= 11 is 0. The summed E-state index contributed by atoms with van der Waals surface area (Å²) in [5.41, 5.74) is 1.61. The fourth-order valence-corrected chi connectivity index (χ4v) is 3.38. The Hall–Kier alpha value is -2.34. The van der Waals surface area contributed by atoms with Crippen LogP contribution in [-0.2, 0) is 0 Å². The molecule has 1 atom stereocenters. The minimum atomic E-state index is -0.470. The van der Waals surface area contributed by atoms with Crippen LogP contribution in [0.5, 0.6) is 0 Å². The molecule has 2 amide bonds. The molecule has 1 saturated heterocycles. The van der Waals surface area contributed by atoms with Crippen LogP contribution in [0.3, 0.4) is 0 Å². The Balaban J connectivity index is 1.87. The first kappa shape index (κ1) is 16.5. The number of rotatable bonds is 4. The second-order valence-corrected chi connectivity index (χ2v) is 6.26. The van der Waals surface area contributed by atoms with Gasteiger partial charge in [-0.25, -0.2) is 4.79 Å². The van der Waals surface area contributed by atoms with Gasteiger partial charge in [0.15, 0.2) is 5.76 Å². The minimum Gasteiger partial charge on any atom is -0.394 e. The topological polar surface area (TPSA) is 78.6 Å². The molecule has 1 unspecified atom stereocenters. The average molecular weight is 329 g/mol. The van der Waals surface area contributed by atoms with E-state index >= 15 is 0 Å². The number of nitrogens with zero attached hydrogens (tertiary/aromatic N) is 2. The molecule has 0 radical (unpaired) electrons. The van der Waals surface area contributed by atoms with Gasteiger partial charge in [0.2, 0.25) is 0 Å². The van der Waals surface area contributed by atoms with Crippen molar-refractivity contribution in [2.45, 2.75) is 38.6 Å². The number of hydrogen-bond donors (Lipinski definition) is 2. The number of amides is 2. The van der Waals surface area contributed by atoms with Crippen molar-refractivity contribution in [1.29, 1.82) is 0 Å². The zero-order valence-electron chi connectivity index (χ0n) is 14.1. The number of aliphatic hydroxyl groups excluding tert-OH is 1. The lowest BCUT2D eigenvalue weighted by atomic mass is 9.94. The Kier molecular flexibility index (Phi) is 4.57. The number of benzene rings is 1. The SMILES string of the molecule is CCC1(CO)CCCN1C(=O)Nc1c(C)noc1-c1ccccc1. The summed E-state index contributed by atoms with van der Waals surface area (Å²) in [5.74, 6) is 0.548. The van der Waals surface area contributed by atoms with Crippen LogP contribution in [0.15, 0.2) is 34.9 Å². The van der Waals surface area contributed by atoms with Crippen LogP contribution in [0.4, 0.5) is 10.5 Å². The van der Waals surface area contributed by atoms with Gasteiger partial charge in [-0.2, -0.15) is 0 Å². The van der Waals surface area contributed by atoms with Gasteiger partial charge in [-0.3, -0.25) is 0 Å². The maximum absolute atomic E-state index is 12.8. The van der Waals surface area contributed by atoms with Gasteiger partial charge in [-0.1, -0.05) is 42.4 Å². The molecule has 0 spiro atoms. The highest BCUT2D eigenvalue weighted by molar-refractivity contribution is 5.94. The smallest absolute Gasteiger partial charge is 0.322 e. The van der Waals surface area contributed by atoms with Gasteiger partial charge in [0.1, 0.15) is 11.4 Å². The van der Waals surface area contributed by atoms with E-state index < -0.39 is 5.54 Å². The van der Waals surface area contributed by atoms with E-state index in [1.54, 1.807) is 11.8 Å². The third kappa shape index (κ3) is 2.78. The van der Waals surface area contributed by atoms with Crippen molar-refractivity contribution in [3.63, 3.8) is 0 Å². The summed E-state index contributed by atoms with van der Waals surface area (Å²) < 4.78 is 5.42. The highest BCUT2D eigenvalue weighted by Crippen LogP contribution is 2.35. The van der Waals surface area contributed by atoms with Crippen molar-refractivity contribution in [3.05, 3.63) is 36.0 Å². The molecular formula is C18H23N3O3. The average Bonchev–Trinajstić information content (AvgIpc) is 3.20. The molecule has 0 saturated carbocycles. The van der Waals surface area contributed by atoms with Crippen LogP contribution in [0, 0.1) is 6.92 Å². The predicted molar refractivity (Wildman–Crippen MR) is 91.7 cm³/mol. The lowest BCUT2D eigenvalue weighted by Gasteiger charge is -2.36. The number of aryl methyl sites for hydroxylation is 1. The Labute approximate surface area is 141 Å². The molecule has 0 bridgehead atoms. The summed E-state index contributed by atoms with van der Waals surface area (Å²) in [5, 5.41) is 16.7. The zero-order chi connectivity index (χ0) is 17.2. The van der Waals surface area contributed by atoms with Crippen molar-refractivity contribution < 1.29 is 14.4 Å². The molecule has 1 fully saturated rings. The second-order valence-electron chi connectivity index (χ2n) is 6.26. The first-order chi connectivity index (χ1) is 11.6. The highest BCUT2D eigenvalue weighted by Gasteiger charge is 2.42. The number of hydrogen-bond acceptors (Lipinski definition) is 4. The largest absolute Gasteiger partial charge is 0.394 e. The number of urea groups is 1. The third-order valence-corrected chi connectivity index (χ3v) is 4.92. The van der Waals surface area contributed by atoms with Crippen molar-refractivity contribution in [2.24, 2.45) is 0 Å². The van der Waals surface area contributed by atoms with E-state index in [4.69, 9.17) is 4.52 Å². The quantitative estimate of drug-likeness (QED) is 0.901. The van der Waals surface area contributed by atoms with Gasteiger partial charge >= 0.3 is 6.03 Å². The van der Waals surface area contributed by atoms with E-state index in [-0.39, 0.29) is 12.6 Å². The molecule has 2 heterocycles. The molecule has 2 N–H and O–H groups in total. The number of nitrogens with one attached hydrogen (secondary N) is 1. The number of aromatic nitrogens is 1. The highest BCUT2D eigenvalue weighted by atomic mass is 16.5. The lowest BCUT2D eigenvalue weighted by molar-refractivity contribution is 0.0867. The summed E-state index contributed by atoms with van der Waals surface area (Å²) in [4.78, 5) is 14.6. The van der Waals surface area contributed by atoms with Gasteiger partial charge in [0.05, 0.1) is 12.1 Å². The van der Waals surface area contributed by atoms with Crippen molar-refractivity contribution >= 4 is 11.7 Å². The molecule has 6 heteroatoms. The molecule has 6 nitrogen and oxygen atoms in total. The van der Waals surface area contributed by atoms with Gasteiger partial charge in [-0.05, 0) is 26.2 Å². The maximum Gasteiger partial charge on any atom is 0.322 e. The molecule has 3 rings (SSSR count). The maximum atomic E-state index is 12.8. The Morgan fingerprint density at radius 3 is 2.83 bits per heavy atom. The van der Waals surface area contributed by atoms with Gasteiger partial charge in [0.25, 0.3) is 0 Å². The lowest BCUT2D eigenvalue weighted by Crippen LogP contribution is -2.51. The first-order valence-corrected chi connectivity index (χ1v) is 8.32. The number of carbonyl (C=O) groups is 1. The Morgan fingerprint density at radius 2 is 2.17 bits per heavy atom. The fraction of sp³-hybridized carbons (Fsp3) is 0.444. The third-order valence-electron chi connectivity index (χ3n) is 4.92. The van der Waals surface area contributed by atoms with E-state index in [2.05, 4.69) is 10.5 Å². The monoisotopic (exact) mass is 329 g/mol. The Bertz CT molecular complexity index is 708. The number of anilines is 1. The Morgan fingerprint density at radius 1 is 1.42 bits per heavy atom. The van der Waals surface area contributed by atoms with E-state index in [0.29, 0.717) is 23.7 Å². The first-order valence-electron chi connectivity index (χ1n) is 8.32. The standard InChI is InChI=1S/C18H23N3O3/c1-3-18(12-22)10-7-11-21(18)17(23)19-15-13(2)20-24-16(15)14-8-5-4-6-9-14/h4-6,8-9,22H,3,7,10-12H2,1-2H3,(H,19,23). The molecule has 0 aliphatic carbocycles. The summed E-state index contributed by atoms with van der Waals surface area (Å²) in [7, 11) is 0. The molecule has 1 aliphatic heterocycles. The van der Waals surface area contributed by atoms with Crippen LogP contribution in [0.1, 0.15) is 31.9 Å². The van der Waals surface area contributed by atoms with E-state index in [1.807, 2.05) is 37.3 Å². The molecule has 1 aliphatic rings. The van der Waals surface area contributed by atoms with Crippen molar-refractivity contribution in [1.82, 2.24) is 10.1 Å². The molecular weight excluding hydrogens is 306 g/mol. The van der Waals surface area contributed by atoms with Gasteiger partial charge in [-0.15, -0.1) is 0 Å². The minimum absolute atomic E-state index is 0.0227. The molecule has 24 heavy (non-hydrogen) atoms. The van der Waals surface area contributed by atoms with Crippen LogP contribution in [0.25, 0.3) is 11.3 Å². The molecule has 1 aromatic heterocycles. The van der Waals surface area contributed by atoms with Gasteiger partial charge in [0, 0.05) is 12.1 Å². The molecule has 1 aromatic carbocycles. The van der Waals surface area contributed by atoms with E-state index in [1.165, 1.54) is 0 Å². The number of aliphatic hydroxyl groups is 1. The second kappa shape index (κ2) is 6.65. The summed E-state index contributed by atoms with van der Waals surface area (Å²) in [6, 6.07) is 9.35. The van der Waals surface area contributed by atoms with Crippen LogP contribution in [-0.4, -0.2) is 39.9 Å². The van der Waals surface area contributed by atoms with Crippen LogP contribution < -0.4 is 5.32 Å². The zero-order valence-corrected chi connectivity index (χ0v) is 14.1. The van der Waals surface area contributed by atoms with Gasteiger partial charge < -0.3 is 19.8 Å². The predicted octanol–water partition coefficient (Wildman–Crippen LogP) is 3.42. The number of carbonyl (C=O) groups excluding carboxylic acids is 1. The van der Waals surface area contributed by atoms with Crippen LogP contribution >= 0.6 is 0 Å². The molecule has 2 aromatic rings. The van der Waals surface area contributed by atoms with Crippen molar-refractivity contribution in [3.8, 4) is 11.3 Å². The molecule has 128 valence electrons. The van der Waals surface area contributed by atoms with E-state index in [9.17, 15) is 9.90 Å². The summed E-state index contributed by atoms with van der Waals surface area (Å²) in [6.45, 7) is 4.42. The van der Waals surface area contributed by atoms with E-state index in [0.717, 1.165) is 24.8 Å². The van der Waals surface area contributed by atoms with Crippen molar-refractivity contribution in [2.75, 3.05) is 18.5 Å².